The first kappa shape index (κ1) is 18.1. The van der Waals surface area contributed by atoms with E-state index in [1.807, 2.05) is 12.3 Å². The molecule has 1 aromatic carbocycles. The summed E-state index contributed by atoms with van der Waals surface area (Å²) in [7, 11) is 0. The molecule has 1 aliphatic carbocycles. The molecular formula is C22H26N6O. The molecule has 0 saturated carbocycles. The number of nitrogens with zero attached hydrogens (tertiary/aromatic N) is 5. The molecule has 150 valence electrons. The van der Waals surface area contributed by atoms with Crippen LogP contribution in [0.1, 0.15) is 36.8 Å². The highest BCUT2D eigenvalue weighted by molar-refractivity contribution is 5.77. The third-order valence-electron chi connectivity index (χ3n) is 5.99. The van der Waals surface area contributed by atoms with Gasteiger partial charge in [0.2, 0.25) is 0 Å². The van der Waals surface area contributed by atoms with Gasteiger partial charge in [-0.25, -0.2) is 4.98 Å². The maximum atomic E-state index is 5.69. The van der Waals surface area contributed by atoms with E-state index < -0.39 is 0 Å². The monoisotopic (exact) mass is 390 g/mol. The van der Waals surface area contributed by atoms with Crippen LogP contribution in [0.15, 0.2) is 34.9 Å². The zero-order chi connectivity index (χ0) is 20.0. The molecule has 3 aromatic rings. The molecule has 1 fully saturated rings. The second-order valence-corrected chi connectivity index (χ2v) is 8.13. The molecule has 0 amide bonds. The van der Waals surface area contributed by atoms with Crippen molar-refractivity contribution in [3.05, 3.63) is 47.5 Å². The number of piperazine rings is 1. The fourth-order valence-corrected chi connectivity index (χ4v) is 4.24. The maximum absolute atomic E-state index is 5.69. The summed E-state index contributed by atoms with van der Waals surface area (Å²) in [5.41, 5.74) is 9.67. The van der Waals surface area contributed by atoms with Gasteiger partial charge in [-0.2, -0.15) is 4.98 Å². The van der Waals surface area contributed by atoms with Crippen molar-refractivity contribution >= 4 is 28.9 Å². The van der Waals surface area contributed by atoms with Crippen molar-refractivity contribution in [1.29, 1.82) is 0 Å². The predicted molar refractivity (Wildman–Crippen MR) is 115 cm³/mol. The number of allylic oxidation sites excluding steroid dienone is 1. The van der Waals surface area contributed by atoms with Crippen LogP contribution < -0.4 is 10.6 Å². The van der Waals surface area contributed by atoms with Crippen molar-refractivity contribution in [3.8, 4) is 0 Å². The molecule has 7 heteroatoms. The smallest absolute Gasteiger partial charge is 0.292 e. The Hall–Kier alpha value is -2.93. The second-order valence-electron chi connectivity index (χ2n) is 8.13. The lowest BCUT2D eigenvalue weighted by Gasteiger charge is -2.37. The van der Waals surface area contributed by atoms with Crippen LogP contribution in [0.2, 0.25) is 0 Å². The third-order valence-corrected chi connectivity index (χ3v) is 5.99. The Morgan fingerprint density at radius 2 is 1.93 bits per heavy atom. The molecule has 2 aromatic heterocycles. The van der Waals surface area contributed by atoms with Gasteiger partial charge in [-0.15, -0.1) is 0 Å². The van der Waals surface area contributed by atoms with Crippen LogP contribution in [0, 0.1) is 0 Å². The lowest BCUT2D eigenvalue weighted by molar-refractivity contribution is 0.209. The number of hydrogen-bond acceptors (Lipinski definition) is 7. The van der Waals surface area contributed by atoms with Gasteiger partial charge in [-0.05, 0) is 37.6 Å². The summed E-state index contributed by atoms with van der Waals surface area (Å²) in [5.74, 6) is 1.96. The SMILES string of the molecule is CC(C)N1CCN(c2cnc3ccc(C4C=Cc5oc(N)nc5C4)cc3n2)CC1. The molecule has 2 N–H and O–H groups in total. The van der Waals surface area contributed by atoms with Crippen LogP contribution in [0.25, 0.3) is 17.1 Å². The molecule has 7 nitrogen and oxygen atoms in total. The van der Waals surface area contributed by atoms with Crippen LogP contribution in [0.3, 0.4) is 0 Å². The number of hydrogen-bond donors (Lipinski definition) is 1. The molecule has 1 saturated heterocycles. The molecule has 1 aliphatic heterocycles. The van der Waals surface area contributed by atoms with Crippen molar-refractivity contribution in [3.63, 3.8) is 0 Å². The predicted octanol–water partition coefficient (Wildman–Crippen LogP) is 3.08. The Labute approximate surface area is 170 Å². The lowest BCUT2D eigenvalue weighted by Crippen LogP contribution is -2.49. The van der Waals surface area contributed by atoms with Crippen LogP contribution in [0.4, 0.5) is 11.8 Å². The average molecular weight is 390 g/mol. The van der Waals surface area contributed by atoms with E-state index in [1.54, 1.807) is 0 Å². The van der Waals surface area contributed by atoms with Crippen LogP contribution in [-0.4, -0.2) is 52.1 Å². The number of benzene rings is 1. The summed E-state index contributed by atoms with van der Waals surface area (Å²) < 4.78 is 5.41. The average Bonchev–Trinajstić information content (AvgIpc) is 3.12. The Morgan fingerprint density at radius 1 is 1.10 bits per heavy atom. The molecule has 3 heterocycles. The number of oxazole rings is 1. The summed E-state index contributed by atoms with van der Waals surface area (Å²) in [4.78, 5) is 18.7. The Balaban J connectivity index is 1.39. The number of aromatic nitrogens is 3. The fraction of sp³-hybridized carbons (Fsp3) is 0.409. The Bertz CT molecular complexity index is 1060. The van der Waals surface area contributed by atoms with Crippen molar-refractivity contribution < 1.29 is 4.42 Å². The number of nitrogen functional groups attached to an aromatic ring is 1. The zero-order valence-electron chi connectivity index (χ0n) is 16.9. The fourth-order valence-electron chi connectivity index (χ4n) is 4.24. The van der Waals surface area contributed by atoms with Gasteiger partial charge >= 0.3 is 0 Å². The van der Waals surface area contributed by atoms with Crippen molar-refractivity contribution in [2.75, 3.05) is 36.8 Å². The second kappa shape index (κ2) is 7.15. The molecule has 2 aliphatic rings. The normalized spacial score (nSPS) is 19.8. The molecule has 0 radical (unpaired) electrons. The van der Waals surface area contributed by atoms with Crippen LogP contribution in [0.5, 0.6) is 0 Å². The highest BCUT2D eigenvalue weighted by atomic mass is 16.4. The Kier molecular flexibility index (Phi) is 4.47. The molecule has 1 atom stereocenters. The number of anilines is 2. The number of nitrogens with two attached hydrogens (primary N) is 1. The van der Waals surface area contributed by atoms with Crippen molar-refractivity contribution in [1.82, 2.24) is 19.9 Å². The number of fused-ring (bicyclic) bond motifs is 2. The topological polar surface area (TPSA) is 84.3 Å². The van der Waals surface area contributed by atoms with E-state index in [2.05, 4.69) is 57.9 Å². The summed E-state index contributed by atoms with van der Waals surface area (Å²) in [5, 5.41) is 0. The third kappa shape index (κ3) is 3.46. The van der Waals surface area contributed by atoms with E-state index in [-0.39, 0.29) is 11.9 Å². The molecule has 5 rings (SSSR count). The Morgan fingerprint density at radius 3 is 2.72 bits per heavy atom. The van der Waals surface area contributed by atoms with Crippen LogP contribution >= 0.6 is 0 Å². The number of rotatable bonds is 3. The molecular weight excluding hydrogens is 364 g/mol. The molecule has 1 unspecified atom stereocenters. The molecule has 29 heavy (non-hydrogen) atoms. The minimum Gasteiger partial charge on any atom is -0.424 e. The summed E-state index contributed by atoms with van der Waals surface area (Å²) in [6, 6.07) is 7.15. The maximum Gasteiger partial charge on any atom is 0.292 e. The largest absolute Gasteiger partial charge is 0.424 e. The van der Waals surface area contributed by atoms with E-state index in [1.165, 1.54) is 5.56 Å². The minimum atomic E-state index is 0.229. The lowest BCUT2D eigenvalue weighted by atomic mass is 9.90. The van der Waals surface area contributed by atoms with E-state index in [0.717, 1.165) is 60.9 Å². The van der Waals surface area contributed by atoms with Crippen molar-refractivity contribution in [2.45, 2.75) is 32.2 Å². The molecule has 0 bridgehead atoms. The summed E-state index contributed by atoms with van der Waals surface area (Å²) in [6.07, 6.45) is 6.80. The van der Waals surface area contributed by atoms with Gasteiger partial charge in [0.1, 0.15) is 5.82 Å². The highest BCUT2D eigenvalue weighted by Crippen LogP contribution is 2.32. The van der Waals surface area contributed by atoms with Gasteiger partial charge in [-0.3, -0.25) is 9.88 Å². The van der Waals surface area contributed by atoms with Crippen molar-refractivity contribution in [2.24, 2.45) is 0 Å². The quantitative estimate of drug-likeness (QED) is 0.736. The molecule has 0 spiro atoms. The van der Waals surface area contributed by atoms with E-state index in [9.17, 15) is 0 Å². The van der Waals surface area contributed by atoms with Gasteiger partial charge in [0.25, 0.3) is 6.01 Å². The van der Waals surface area contributed by atoms with Gasteiger partial charge in [0.15, 0.2) is 5.76 Å². The summed E-state index contributed by atoms with van der Waals surface area (Å²) in [6.45, 7) is 8.60. The van der Waals surface area contributed by atoms with Crippen LogP contribution in [-0.2, 0) is 6.42 Å². The van der Waals surface area contributed by atoms with E-state index >= 15 is 0 Å². The first-order valence-electron chi connectivity index (χ1n) is 10.3. The standard InChI is InChI=1S/C22H26N6O/c1-14(2)27-7-9-28(10-8-27)21-13-24-17-5-3-15(11-18(17)25-21)16-4-6-20-19(12-16)26-22(23)29-20/h3-6,11,13-14,16H,7-10,12H2,1-2H3,(H2,23,26). The van der Waals surface area contributed by atoms with E-state index in [0.29, 0.717) is 6.04 Å². The van der Waals surface area contributed by atoms with Gasteiger partial charge in [0.05, 0.1) is 22.9 Å². The minimum absolute atomic E-state index is 0.229. The first-order valence-corrected chi connectivity index (χ1v) is 10.3. The van der Waals surface area contributed by atoms with Gasteiger partial charge in [-0.1, -0.05) is 12.1 Å². The highest BCUT2D eigenvalue weighted by Gasteiger charge is 2.22. The summed E-state index contributed by atoms with van der Waals surface area (Å²) >= 11 is 0. The zero-order valence-corrected chi connectivity index (χ0v) is 16.9. The first-order chi connectivity index (χ1) is 14.1. The van der Waals surface area contributed by atoms with Gasteiger partial charge < -0.3 is 15.1 Å². The van der Waals surface area contributed by atoms with Gasteiger partial charge in [0, 0.05) is 44.6 Å². The van der Waals surface area contributed by atoms with E-state index in [4.69, 9.17) is 15.1 Å².